The summed E-state index contributed by atoms with van der Waals surface area (Å²) in [5.74, 6) is 0.731. The Morgan fingerprint density at radius 3 is 2.58 bits per heavy atom. The predicted molar refractivity (Wildman–Crippen MR) is 76.9 cm³/mol. The number of hydrogen-bond donors (Lipinski definition) is 1. The number of nitrogens with zero attached hydrogens (tertiary/aromatic N) is 2. The van der Waals surface area contributed by atoms with Gasteiger partial charge < -0.3 is 10.2 Å². The summed E-state index contributed by atoms with van der Waals surface area (Å²) in [6.07, 6.45) is 3.51. The molecule has 1 N–H and O–H groups in total. The summed E-state index contributed by atoms with van der Waals surface area (Å²) in [7, 11) is 0. The van der Waals surface area contributed by atoms with Gasteiger partial charge >= 0.3 is 0 Å². The third-order valence-corrected chi connectivity index (χ3v) is 4.09. The number of aromatic nitrogens is 1. The van der Waals surface area contributed by atoms with Crippen molar-refractivity contribution in [1.82, 2.24) is 9.88 Å². The van der Waals surface area contributed by atoms with E-state index in [2.05, 4.69) is 36.0 Å². The lowest BCUT2D eigenvalue weighted by Crippen LogP contribution is -2.47. The van der Waals surface area contributed by atoms with Crippen LogP contribution in [0.5, 0.6) is 0 Å². The summed E-state index contributed by atoms with van der Waals surface area (Å²) < 4.78 is 0. The summed E-state index contributed by atoms with van der Waals surface area (Å²) >= 11 is 0. The van der Waals surface area contributed by atoms with Gasteiger partial charge in [0.2, 0.25) is 5.91 Å². The first kappa shape index (κ1) is 14.0. The molecule has 2 rings (SSSR count). The topological polar surface area (TPSA) is 45.2 Å². The van der Waals surface area contributed by atoms with Crippen LogP contribution in [0.25, 0.3) is 0 Å². The van der Waals surface area contributed by atoms with E-state index in [0.29, 0.717) is 11.9 Å². The molecule has 0 unspecified atom stereocenters. The lowest BCUT2D eigenvalue weighted by Gasteiger charge is -2.39. The van der Waals surface area contributed by atoms with Gasteiger partial charge in [-0.1, -0.05) is 13.0 Å². The number of carbonyl (C=O) groups is 1. The molecule has 0 aromatic carbocycles. The minimum Gasteiger partial charge on any atom is -0.310 e. The minimum absolute atomic E-state index is 0.0922. The summed E-state index contributed by atoms with van der Waals surface area (Å²) in [6, 6.07) is 6.11. The molecular weight excluding hydrogens is 238 g/mol. The maximum Gasteiger partial charge on any atom is 0.231 e. The average Bonchev–Trinajstić information content (AvgIpc) is 2.40. The van der Waals surface area contributed by atoms with Crippen molar-refractivity contribution in [1.29, 1.82) is 0 Å². The van der Waals surface area contributed by atoms with Crippen molar-refractivity contribution in [2.75, 3.05) is 18.4 Å². The molecule has 1 fully saturated rings. The molecule has 4 nitrogen and oxygen atoms in total. The Labute approximate surface area is 115 Å². The molecule has 19 heavy (non-hydrogen) atoms. The highest BCUT2D eigenvalue weighted by atomic mass is 16.2. The molecule has 104 valence electrons. The van der Waals surface area contributed by atoms with Crippen LogP contribution in [0.1, 0.15) is 33.6 Å². The summed E-state index contributed by atoms with van der Waals surface area (Å²) in [6.45, 7) is 8.45. The molecule has 1 aliphatic heterocycles. The maximum atomic E-state index is 12.4. The van der Waals surface area contributed by atoms with Crippen LogP contribution in [0, 0.1) is 5.41 Å². The lowest BCUT2D eigenvalue weighted by molar-refractivity contribution is -0.127. The fraction of sp³-hybridized carbons (Fsp3) is 0.600. The number of piperidine rings is 1. The van der Waals surface area contributed by atoms with E-state index in [4.69, 9.17) is 0 Å². The molecule has 1 aromatic heterocycles. The highest BCUT2D eigenvalue weighted by Crippen LogP contribution is 2.32. The molecule has 4 heteroatoms. The fourth-order valence-corrected chi connectivity index (χ4v) is 2.46. The largest absolute Gasteiger partial charge is 0.310 e. The zero-order chi connectivity index (χ0) is 13.9. The van der Waals surface area contributed by atoms with Crippen molar-refractivity contribution < 1.29 is 4.79 Å². The highest BCUT2D eigenvalue weighted by Gasteiger charge is 2.37. The van der Waals surface area contributed by atoms with E-state index in [1.807, 2.05) is 18.2 Å². The molecule has 1 aromatic rings. The minimum atomic E-state index is -0.275. The Balaban J connectivity index is 1.96. The molecule has 1 amide bonds. The van der Waals surface area contributed by atoms with Crippen LogP contribution >= 0.6 is 0 Å². The van der Waals surface area contributed by atoms with Crippen molar-refractivity contribution in [3.05, 3.63) is 24.4 Å². The van der Waals surface area contributed by atoms with Gasteiger partial charge in [-0.2, -0.15) is 0 Å². The van der Waals surface area contributed by atoms with E-state index < -0.39 is 0 Å². The first-order valence-corrected chi connectivity index (χ1v) is 6.98. The van der Waals surface area contributed by atoms with Gasteiger partial charge in [-0.25, -0.2) is 4.98 Å². The molecule has 0 radical (unpaired) electrons. The second-order valence-corrected chi connectivity index (χ2v) is 5.86. The number of amides is 1. The van der Waals surface area contributed by atoms with Crippen LogP contribution in [-0.4, -0.2) is 34.9 Å². The molecule has 0 atom stereocenters. The number of likely N-dealkylation sites (tertiary alicyclic amines) is 1. The van der Waals surface area contributed by atoms with Crippen molar-refractivity contribution >= 4 is 11.7 Å². The zero-order valence-electron chi connectivity index (χ0n) is 12.0. The number of anilines is 1. The van der Waals surface area contributed by atoms with Crippen LogP contribution in [0.3, 0.4) is 0 Å². The summed E-state index contributed by atoms with van der Waals surface area (Å²) in [5, 5.41) is 2.93. The zero-order valence-corrected chi connectivity index (χ0v) is 12.0. The van der Waals surface area contributed by atoms with Gasteiger partial charge in [-0.15, -0.1) is 0 Å². The molecule has 0 bridgehead atoms. The van der Waals surface area contributed by atoms with Gasteiger partial charge in [-0.3, -0.25) is 4.79 Å². The predicted octanol–water partition coefficient (Wildman–Crippen LogP) is 2.53. The van der Waals surface area contributed by atoms with Crippen molar-refractivity contribution in [3.63, 3.8) is 0 Å². The van der Waals surface area contributed by atoms with Gasteiger partial charge in [0.1, 0.15) is 5.82 Å². The van der Waals surface area contributed by atoms with E-state index in [9.17, 15) is 4.79 Å². The fourth-order valence-electron chi connectivity index (χ4n) is 2.46. The molecular formula is C15H23N3O. The van der Waals surface area contributed by atoms with Crippen LogP contribution < -0.4 is 5.32 Å². The molecule has 0 saturated carbocycles. The summed E-state index contributed by atoms with van der Waals surface area (Å²) in [5.41, 5.74) is -0.275. The standard InChI is InChI=1S/C15H23N3O/c1-12(2)18-10-7-15(3,8-11-18)14(19)17-13-6-4-5-9-16-13/h4-6,9,12H,7-8,10-11H2,1-3H3,(H,16,17,19). The Morgan fingerprint density at radius 1 is 1.37 bits per heavy atom. The normalized spacial score (nSPS) is 19.4. The van der Waals surface area contributed by atoms with Crippen molar-refractivity contribution in [2.45, 2.75) is 39.7 Å². The Hall–Kier alpha value is -1.42. The quantitative estimate of drug-likeness (QED) is 0.909. The molecule has 0 spiro atoms. The second-order valence-electron chi connectivity index (χ2n) is 5.86. The Kier molecular flexibility index (Phi) is 4.20. The van der Waals surface area contributed by atoms with Gasteiger partial charge in [-0.05, 0) is 51.9 Å². The van der Waals surface area contributed by atoms with Crippen LogP contribution in [0.4, 0.5) is 5.82 Å². The SMILES string of the molecule is CC(C)N1CCC(C)(C(=O)Nc2ccccn2)CC1. The Morgan fingerprint density at radius 2 is 2.05 bits per heavy atom. The number of pyridine rings is 1. The number of nitrogens with one attached hydrogen (secondary N) is 1. The van der Waals surface area contributed by atoms with Crippen molar-refractivity contribution in [3.8, 4) is 0 Å². The first-order chi connectivity index (χ1) is 9.01. The second kappa shape index (κ2) is 5.70. The van der Waals surface area contributed by atoms with Gasteiger partial charge in [0.05, 0.1) is 0 Å². The van der Waals surface area contributed by atoms with Crippen molar-refractivity contribution in [2.24, 2.45) is 5.41 Å². The molecule has 0 aliphatic carbocycles. The van der Waals surface area contributed by atoms with E-state index >= 15 is 0 Å². The Bertz CT molecular complexity index is 422. The van der Waals surface area contributed by atoms with Gasteiger partial charge in [0.15, 0.2) is 0 Å². The first-order valence-electron chi connectivity index (χ1n) is 6.98. The maximum absolute atomic E-state index is 12.4. The number of carbonyl (C=O) groups excluding carboxylic acids is 1. The average molecular weight is 261 g/mol. The molecule has 2 heterocycles. The smallest absolute Gasteiger partial charge is 0.231 e. The van der Waals surface area contributed by atoms with Gasteiger partial charge in [0.25, 0.3) is 0 Å². The van der Waals surface area contributed by atoms with E-state index in [1.54, 1.807) is 6.20 Å². The van der Waals surface area contributed by atoms with E-state index in [0.717, 1.165) is 25.9 Å². The molecule has 1 saturated heterocycles. The highest BCUT2D eigenvalue weighted by molar-refractivity contribution is 5.94. The van der Waals surface area contributed by atoms with Crippen LogP contribution in [0.2, 0.25) is 0 Å². The number of hydrogen-bond acceptors (Lipinski definition) is 3. The third-order valence-electron chi connectivity index (χ3n) is 4.09. The summed E-state index contributed by atoms with van der Waals surface area (Å²) in [4.78, 5) is 19.0. The monoisotopic (exact) mass is 261 g/mol. The lowest BCUT2D eigenvalue weighted by atomic mass is 9.79. The number of rotatable bonds is 3. The van der Waals surface area contributed by atoms with Gasteiger partial charge in [0, 0.05) is 17.7 Å². The van der Waals surface area contributed by atoms with Crippen LogP contribution in [-0.2, 0) is 4.79 Å². The van der Waals surface area contributed by atoms with E-state index in [1.165, 1.54) is 0 Å². The van der Waals surface area contributed by atoms with Crippen LogP contribution in [0.15, 0.2) is 24.4 Å². The van der Waals surface area contributed by atoms with E-state index in [-0.39, 0.29) is 11.3 Å². The molecule has 1 aliphatic rings. The third kappa shape index (κ3) is 3.32.